The van der Waals surface area contributed by atoms with E-state index >= 15 is 0 Å². The van der Waals surface area contributed by atoms with Crippen LogP contribution in [0.2, 0.25) is 0 Å². The average molecular weight is 263 g/mol. The molecule has 1 aliphatic heterocycles. The Labute approximate surface area is 116 Å². The number of rotatable bonds is 8. The van der Waals surface area contributed by atoms with E-state index in [4.69, 9.17) is 9.47 Å². The van der Waals surface area contributed by atoms with Crippen molar-refractivity contribution in [2.24, 2.45) is 0 Å². The van der Waals surface area contributed by atoms with Gasteiger partial charge in [0.15, 0.2) is 0 Å². The number of hydrogen-bond donors (Lipinski definition) is 1. The molecule has 3 nitrogen and oxygen atoms in total. The largest absolute Gasteiger partial charge is 0.379 e. The Morgan fingerprint density at radius 1 is 1.11 bits per heavy atom. The van der Waals surface area contributed by atoms with E-state index in [1.165, 1.54) is 17.5 Å². The highest BCUT2D eigenvalue weighted by molar-refractivity contribution is 5.29. The molecule has 0 saturated carbocycles. The van der Waals surface area contributed by atoms with Crippen LogP contribution >= 0.6 is 0 Å². The summed E-state index contributed by atoms with van der Waals surface area (Å²) in [5.74, 6) is 0. The van der Waals surface area contributed by atoms with E-state index in [-0.39, 0.29) is 0 Å². The number of fused-ring (bicyclic) bond motifs is 1. The second-order valence-corrected chi connectivity index (χ2v) is 5.09. The second kappa shape index (κ2) is 8.31. The Morgan fingerprint density at radius 2 is 1.89 bits per heavy atom. The minimum Gasteiger partial charge on any atom is -0.379 e. The van der Waals surface area contributed by atoms with Crippen molar-refractivity contribution in [2.75, 3.05) is 26.4 Å². The van der Waals surface area contributed by atoms with Gasteiger partial charge in [0.05, 0.1) is 19.8 Å². The summed E-state index contributed by atoms with van der Waals surface area (Å²) in [5.41, 5.74) is 2.87. The summed E-state index contributed by atoms with van der Waals surface area (Å²) in [6, 6.07) is 9.07. The van der Waals surface area contributed by atoms with E-state index in [0.29, 0.717) is 19.3 Å². The molecule has 0 fully saturated rings. The lowest BCUT2D eigenvalue weighted by molar-refractivity contribution is 0.0374. The van der Waals surface area contributed by atoms with Crippen LogP contribution in [-0.2, 0) is 22.4 Å². The maximum atomic E-state index is 5.68. The zero-order valence-corrected chi connectivity index (χ0v) is 11.9. The molecule has 0 unspecified atom stereocenters. The molecule has 106 valence electrons. The number of nitrogens with one attached hydrogen (secondary N) is 1. The van der Waals surface area contributed by atoms with Crippen molar-refractivity contribution in [1.29, 1.82) is 0 Å². The maximum Gasteiger partial charge on any atom is 0.0701 e. The third-order valence-corrected chi connectivity index (χ3v) is 3.50. The lowest BCUT2D eigenvalue weighted by Gasteiger charge is -2.25. The fourth-order valence-corrected chi connectivity index (χ4v) is 2.33. The topological polar surface area (TPSA) is 30.5 Å². The average Bonchev–Trinajstić information content (AvgIpc) is 2.46. The monoisotopic (exact) mass is 263 g/mol. The van der Waals surface area contributed by atoms with Crippen molar-refractivity contribution >= 4 is 0 Å². The minimum atomic E-state index is 0.436. The van der Waals surface area contributed by atoms with Gasteiger partial charge >= 0.3 is 0 Å². The predicted molar refractivity (Wildman–Crippen MR) is 77.3 cm³/mol. The van der Waals surface area contributed by atoms with Gasteiger partial charge in [-0.05, 0) is 24.0 Å². The molecule has 1 aromatic carbocycles. The molecular formula is C16H25NO2. The van der Waals surface area contributed by atoms with Crippen molar-refractivity contribution in [2.45, 2.75) is 38.8 Å². The standard InChI is InChI=1S/C16H25NO2/c1-2-3-8-18-9-10-19-13-16-11-14-6-4-5-7-15(14)12-17-16/h4-7,16-17H,2-3,8-13H2,1H3/t16-/m0/s1. The smallest absolute Gasteiger partial charge is 0.0701 e. The summed E-state index contributed by atoms with van der Waals surface area (Å²) in [7, 11) is 0. The number of ether oxygens (including phenoxy) is 2. The number of unbranched alkanes of at least 4 members (excludes halogenated alkanes) is 1. The molecule has 0 aromatic heterocycles. The highest BCUT2D eigenvalue weighted by atomic mass is 16.5. The van der Waals surface area contributed by atoms with Crippen molar-refractivity contribution < 1.29 is 9.47 Å². The van der Waals surface area contributed by atoms with E-state index in [0.717, 1.165) is 32.6 Å². The van der Waals surface area contributed by atoms with Crippen molar-refractivity contribution in [1.82, 2.24) is 5.32 Å². The molecule has 0 amide bonds. The van der Waals surface area contributed by atoms with Gasteiger partial charge in [0.25, 0.3) is 0 Å². The van der Waals surface area contributed by atoms with Crippen molar-refractivity contribution in [3.05, 3.63) is 35.4 Å². The number of benzene rings is 1. The fraction of sp³-hybridized carbons (Fsp3) is 0.625. The molecule has 0 spiro atoms. The first-order valence-corrected chi connectivity index (χ1v) is 7.35. The summed E-state index contributed by atoms with van der Waals surface area (Å²) in [6.45, 7) is 6.16. The summed E-state index contributed by atoms with van der Waals surface area (Å²) in [4.78, 5) is 0. The first kappa shape index (κ1) is 14.5. The molecule has 1 atom stereocenters. The molecule has 2 rings (SSSR count). The molecule has 0 aliphatic carbocycles. The highest BCUT2D eigenvalue weighted by Crippen LogP contribution is 2.16. The Bertz CT molecular complexity index is 368. The Kier molecular flexibility index (Phi) is 6.34. The van der Waals surface area contributed by atoms with Crippen LogP contribution in [0, 0.1) is 0 Å². The molecule has 1 aliphatic rings. The van der Waals surface area contributed by atoms with Gasteiger partial charge in [0.2, 0.25) is 0 Å². The van der Waals surface area contributed by atoms with Gasteiger partial charge in [-0.2, -0.15) is 0 Å². The van der Waals surface area contributed by atoms with Gasteiger partial charge in [0, 0.05) is 19.2 Å². The molecule has 1 N–H and O–H groups in total. The van der Waals surface area contributed by atoms with Gasteiger partial charge in [-0.15, -0.1) is 0 Å². The van der Waals surface area contributed by atoms with Crippen LogP contribution in [0.5, 0.6) is 0 Å². The van der Waals surface area contributed by atoms with Gasteiger partial charge in [-0.3, -0.25) is 0 Å². The summed E-state index contributed by atoms with van der Waals surface area (Å²) >= 11 is 0. The van der Waals surface area contributed by atoms with Gasteiger partial charge in [0.1, 0.15) is 0 Å². The van der Waals surface area contributed by atoms with Crippen LogP contribution in [0.4, 0.5) is 0 Å². The van der Waals surface area contributed by atoms with Crippen LogP contribution in [0.15, 0.2) is 24.3 Å². The van der Waals surface area contributed by atoms with Crippen molar-refractivity contribution in [3.8, 4) is 0 Å². The van der Waals surface area contributed by atoms with Gasteiger partial charge < -0.3 is 14.8 Å². The first-order valence-electron chi connectivity index (χ1n) is 7.35. The van der Waals surface area contributed by atoms with Crippen LogP contribution in [0.25, 0.3) is 0 Å². The maximum absolute atomic E-state index is 5.68. The summed E-state index contributed by atoms with van der Waals surface area (Å²) in [5, 5.41) is 3.52. The predicted octanol–water partition coefficient (Wildman–Crippen LogP) is 2.53. The first-order chi connectivity index (χ1) is 9.40. The van der Waals surface area contributed by atoms with Crippen LogP contribution in [0.3, 0.4) is 0 Å². The summed E-state index contributed by atoms with van der Waals surface area (Å²) < 4.78 is 11.2. The molecular weight excluding hydrogens is 238 g/mol. The van der Waals surface area contributed by atoms with Crippen LogP contribution in [0.1, 0.15) is 30.9 Å². The number of hydrogen-bond acceptors (Lipinski definition) is 3. The fourth-order valence-electron chi connectivity index (χ4n) is 2.33. The second-order valence-electron chi connectivity index (χ2n) is 5.09. The molecule has 19 heavy (non-hydrogen) atoms. The molecule has 1 aromatic rings. The third kappa shape index (κ3) is 4.94. The zero-order chi connectivity index (χ0) is 13.3. The molecule has 0 saturated heterocycles. The summed E-state index contributed by atoms with van der Waals surface area (Å²) in [6.07, 6.45) is 3.39. The SMILES string of the molecule is CCCCOCCOC[C@@H]1Cc2ccccc2CN1. The van der Waals surface area contributed by atoms with E-state index in [2.05, 4.69) is 36.5 Å². The van der Waals surface area contributed by atoms with E-state index in [1.807, 2.05) is 0 Å². The van der Waals surface area contributed by atoms with E-state index in [1.54, 1.807) is 0 Å². The zero-order valence-electron chi connectivity index (χ0n) is 11.9. The van der Waals surface area contributed by atoms with Crippen molar-refractivity contribution in [3.63, 3.8) is 0 Å². The van der Waals surface area contributed by atoms with E-state index in [9.17, 15) is 0 Å². The van der Waals surface area contributed by atoms with Gasteiger partial charge in [-0.25, -0.2) is 0 Å². The molecule has 1 heterocycles. The van der Waals surface area contributed by atoms with E-state index < -0.39 is 0 Å². The highest BCUT2D eigenvalue weighted by Gasteiger charge is 2.17. The quantitative estimate of drug-likeness (QED) is 0.731. The normalized spacial score (nSPS) is 18.3. The lowest BCUT2D eigenvalue weighted by atomic mass is 9.96. The Hall–Kier alpha value is -0.900. The lowest BCUT2D eigenvalue weighted by Crippen LogP contribution is -2.39. The molecule has 0 radical (unpaired) electrons. The molecule has 3 heteroatoms. The Balaban J connectivity index is 1.58. The van der Waals surface area contributed by atoms with Gasteiger partial charge in [-0.1, -0.05) is 37.6 Å². The van der Waals surface area contributed by atoms with Crippen LogP contribution in [-0.4, -0.2) is 32.5 Å². The third-order valence-electron chi connectivity index (χ3n) is 3.50. The Morgan fingerprint density at radius 3 is 2.74 bits per heavy atom. The molecule has 0 bridgehead atoms. The minimum absolute atomic E-state index is 0.436. The van der Waals surface area contributed by atoms with Crippen LogP contribution < -0.4 is 5.32 Å².